The Hall–Kier alpha value is -6.38. The Bertz CT molecular complexity index is 2740. The maximum Gasteiger partial charge on any atom is 0.143 e. The zero-order valence-electron chi connectivity index (χ0n) is 27.5. The Kier molecular flexibility index (Phi) is 6.67. The summed E-state index contributed by atoms with van der Waals surface area (Å²) in [6, 6.07) is 61.6. The topological polar surface area (TPSA) is 16.4 Å². The number of anilines is 3. The molecular weight excluding hydrogens is 607 g/mol. The van der Waals surface area contributed by atoms with Crippen molar-refractivity contribution in [2.75, 3.05) is 4.90 Å². The molecule has 8 aromatic carbocycles. The van der Waals surface area contributed by atoms with E-state index in [1.807, 2.05) is 0 Å². The Morgan fingerprint density at radius 1 is 0.520 bits per heavy atom. The lowest BCUT2D eigenvalue weighted by atomic mass is 9.82. The highest BCUT2D eigenvalue weighted by Gasteiger charge is 2.22. The second-order valence-electron chi connectivity index (χ2n) is 13.2. The van der Waals surface area contributed by atoms with Crippen LogP contribution < -0.4 is 4.90 Å². The van der Waals surface area contributed by atoms with E-state index in [-0.39, 0.29) is 0 Å². The van der Waals surface area contributed by atoms with Crippen LogP contribution in [0, 0.1) is 0 Å². The van der Waals surface area contributed by atoms with Gasteiger partial charge in [-0.2, -0.15) is 0 Å². The van der Waals surface area contributed by atoms with E-state index in [1.54, 1.807) is 0 Å². The third-order valence-electron chi connectivity index (χ3n) is 10.4. The van der Waals surface area contributed by atoms with Gasteiger partial charge in [0.05, 0.1) is 11.4 Å². The first kappa shape index (κ1) is 28.6. The molecule has 2 nitrogen and oxygen atoms in total. The van der Waals surface area contributed by atoms with Gasteiger partial charge in [0.2, 0.25) is 0 Å². The Balaban J connectivity index is 1.14. The van der Waals surface area contributed by atoms with Gasteiger partial charge in [-0.1, -0.05) is 140 Å². The number of benzene rings is 8. The van der Waals surface area contributed by atoms with Crippen molar-refractivity contribution in [3.63, 3.8) is 0 Å². The van der Waals surface area contributed by atoms with Gasteiger partial charge < -0.3 is 9.32 Å². The summed E-state index contributed by atoms with van der Waals surface area (Å²) in [5.41, 5.74) is 11.6. The molecule has 0 saturated heterocycles. The molecule has 236 valence electrons. The summed E-state index contributed by atoms with van der Waals surface area (Å²) in [5.74, 6) is 0.345. The van der Waals surface area contributed by atoms with Crippen LogP contribution in [0.3, 0.4) is 0 Å². The number of para-hydroxylation sites is 1. The number of rotatable bonds is 5. The number of fused-ring (bicyclic) bond motifs is 7. The van der Waals surface area contributed by atoms with Crippen LogP contribution in [0.1, 0.15) is 29.0 Å². The van der Waals surface area contributed by atoms with Gasteiger partial charge in [0.15, 0.2) is 0 Å². The molecule has 0 saturated carbocycles. The van der Waals surface area contributed by atoms with Crippen LogP contribution in [-0.4, -0.2) is 0 Å². The fraction of sp³-hybridized carbons (Fsp3) is 0.0417. The molecule has 9 aromatic rings. The van der Waals surface area contributed by atoms with Crippen LogP contribution in [0.25, 0.3) is 60.7 Å². The van der Waals surface area contributed by atoms with Gasteiger partial charge in [0.1, 0.15) is 11.2 Å². The van der Waals surface area contributed by atoms with Crippen molar-refractivity contribution in [2.24, 2.45) is 0 Å². The summed E-state index contributed by atoms with van der Waals surface area (Å²) >= 11 is 0. The largest absolute Gasteiger partial charge is 0.455 e. The summed E-state index contributed by atoms with van der Waals surface area (Å²) in [5, 5.41) is 7.02. The number of hydrogen-bond donors (Lipinski definition) is 0. The second-order valence-corrected chi connectivity index (χ2v) is 13.2. The molecule has 1 heterocycles. The highest BCUT2D eigenvalue weighted by atomic mass is 16.3. The third kappa shape index (κ3) is 4.64. The van der Waals surface area contributed by atoms with Crippen molar-refractivity contribution in [3.8, 4) is 11.1 Å². The SMILES string of the molecule is C1=Cc2ccccc2C(c2ccc(N(c3ccccc3-c3ccc4oc5c6ccccc6ccc5c4c3)c3cccc4ccccc34)cc2)C1. The number of nitrogens with zero attached hydrogens (tertiary/aromatic N) is 1. The Morgan fingerprint density at radius 2 is 1.24 bits per heavy atom. The minimum absolute atomic E-state index is 0.345. The molecule has 0 fully saturated rings. The Morgan fingerprint density at radius 3 is 2.14 bits per heavy atom. The molecule has 50 heavy (non-hydrogen) atoms. The lowest BCUT2D eigenvalue weighted by Gasteiger charge is -2.30. The molecule has 0 amide bonds. The molecule has 1 atom stereocenters. The summed E-state index contributed by atoms with van der Waals surface area (Å²) in [4.78, 5) is 2.43. The van der Waals surface area contributed by atoms with Crippen molar-refractivity contribution in [1.29, 1.82) is 0 Å². The van der Waals surface area contributed by atoms with Gasteiger partial charge in [0, 0.05) is 38.7 Å². The molecule has 0 radical (unpaired) electrons. The van der Waals surface area contributed by atoms with Crippen LogP contribution in [0.15, 0.2) is 180 Å². The molecule has 0 N–H and O–H groups in total. The van der Waals surface area contributed by atoms with Crippen molar-refractivity contribution >= 4 is 66.6 Å². The van der Waals surface area contributed by atoms with Gasteiger partial charge in [-0.05, 0) is 81.9 Å². The normalized spacial score (nSPS) is 14.0. The van der Waals surface area contributed by atoms with Crippen LogP contribution in [0.2, 0.25) is 0 Å². The van der Waals surface area contributed by atoms with E-state index in [2.05, 4.69) is 187 Å². The van der Waals surface area contributed by atoms with E-state index in [0.29, 0.717) is 5.92 Å². The van der Waals surface area contributed by atoms with Gasteiger partial charge in [-0.3, -0.25) is 0 Å². The summed E-state index contributed by atoms with van der Waals surface area (Å²) < 4.78 is 6.49. The number of furan rings is 1. The van der Waals surface area contributed by atoms with E-state index < -0.39 is 0 Å². The smallest absolute Gasteiger partial charge is 0.143 e. The summed E-state index contributed by atoms with van der Waals surface area (Å²) in [6.45, 7) is 0. The summed E-state index contributed by atoms with van der Waals surface area (Å²) in [6.07, 6.45) is 5.57. The van der Waals surface area contributed by atoms with Crippen molar-refractivity contribution in [2.45, 2.75) is 12.3 Å². The fourth-order valence-electron chi connectivity index (χ4n) is 8.01. The molecule has 0 spiro atoms. The van der Waals surface area contributed by atoms with E-state index in [0.717, 1.165) is 61.9 Å². The van der Waals surface area contributed by atoms with Gasteiger partial charge >= 0.3 is 0 Å². The van der Waals surface area contributed by atoms with E-state index in [1.165, 1.54) is 32.8 Å². The first-order valence-electron chi connectivity index (χ1n) is 17.4. The zero-order chi connectivity index (χ0) is 33.0. The van der Waals surface area contributed by atoms with Gasteiger partial charge in [-0.15, -0.1) is 0 Å². The standard InChI is InChI=1S/C48H33NO/c1-4-16-38-32(11-1)14-9-20-39(38)35-23-27-37(28-24-35)49(46-22-10-15-33-12-2-5-17-40(33)46)45-21-8-7-18-41(45)36-26-30-47-44(31-36)43-29-25-34-13-3-6-19-42(34)48(43)50-47/h1-19,21-31,39H,20H2. The Labute approximate surface area is 291 Å². The van der Waals surface area contributed by atoms with E-state index >= 15 is 0 Å². The lowest BCUT2D eigenvalue weighted by molar-refractivity contribution is 0.672. The quantitative estimate of drug-likeness (QED) is 0.186. The van der Waals surface area contributed by atoms with Gasteiger partial charge in [0.25, 0.3) is 0 Å². The first-order valence-corrected chi connectivity index (χ1v) is 17.4. The van der Waals surface area contributed by atoms with Crippen molar-refractivity contribution in [3.05, 3.63) is 193 Å². The number of allylic oxidation sites excluding steroid dienone is 1. The zero-order valence-corrected chi connectivity index (χ0v) is 27.5. The number of hydrogen-bond acceptors (Lipinski definition) is 2. The van der Waals surface area contributed by atoms with E-state index in [9.17, 15) is 0 Å². The average molecular weight is 640 g/mol. The lowest BCUT2D eigenvalue weighted by Crippen LogP contribution is -2.12. The van der Waals surface area contributed by atoms with Crippen LogP contribution in [0.4, 0.5) is 17.1 Å². The monoisotopic (exact) mass is 639 g/mol. The van der Waals surface area contributed by atoms with Gasteiger partial charge in [-0.25, -0.2) is 0 Å². The molecular formula is C48H33NO. The highest BCUT2D eigenvalue weighted by molar-refractivity contribution is 6.15. The highest BCUT2D eigenvalue weighted by Crippen LogP contribution is 2.45. The van der Waals surface area contributed by atoms with Crippen LogP contribution >= 0.6 is 0 Å². The maximum atomic E-state index is 6.49. The average Bonchev–Trinajstić information content (AvgIpc) is 3.57. The molecule has 1 aliphatic rings. The third-order valence-corrected chi connectivity index (χ3v) is 10.4. The molecule has 1 unspecified atom stereocenters. The van der Waals surface area contributed by atoms with Crippen molar-refractivity contribution in [1.82, 2.24) is 0 Å². The second kappa shape index (κ2) is 11.6. The van der Waals surface area contributed by atoms with Crippen molar-refractivity contribution < 1.29 is 4.42 Å². The predicted molar refractivity (Wildman–Crippen MR) is 211 cm³/mol. The predicted octanol–water partition coefficient (Wildman–Crippen LogP) is 13.6. The first-order chi connectivity index (χ1) is 24.8. The van der Waals surface area contributed by atoms with E-state index in [4.69, 9.17) is 4.42 Å². The van der Waals surface area contributed by atoms with Crippen LogP contribution in [-0.2, 0) is 0 Å². The minimum Gasteiger partial charge on any atom is -0.455 e. The maximum absolute atomic E-state index is 6.49. The molecule has 0 bridgehead atoms. The minimum atomic E-state index is 0.345. The van der Waals surface area contributed by atoms with Crippen LogP contribution in [0.5, 0.6) is 0 Å². The summed E-state index contributed by atoms with van der Waals surface area (Å²) in [7, 11) is 0. The molecule has 1 aromatic heterocycles. The molecule has 0 aliphatic heterocycles. The molecule has 2 heteroatoms. The fourth-order valence-corrected chi connectivity index (χ4v) is 8.01. The molecule has 10 rings (SSSR count). The molecule has 1 aliphatic carbocycles.